The second-order valence-corrected chi connectivity index (χ2v) is 8.14. The normalized spacial score (nSPS) is 20.2. The highest BCUT2D eigenvalue weighted by atomic mass is 32.2. The Morgan fingerprint density at radius 3 is 2.39 bits per heavy atom. The molecule has 1 rings (SSSR count). The molecule has 1 aliphatic rings. The fourth-order valence-corrected chi connectivity index (χ4v) is 3.12. The molecule has 1 saturated heterocycles. The zero-order valence-electron chi connectivity index (χ0n) is 11.9. The summed E-state index contributed by atoms with van der Waals surface area (Å²) >= 11 is 0. The molecule has 5 heteroatoms. The topological polar surface area (TPSA) is 55.4 Å². The molecular formula is C13H27NO3S. The van der Waals surface area contributed by atoms with Gasteiger partial charge in [-0.1, -0.05) is 13.8 Å². The maximum absolute atomic E-state index is 11.2. The molecule has 0 radical (unpaired) electrons. The summed E-state index contributed by atoms with van der Waals surface area (Å²) in [5.41, 5.74) is 0.229. The predicted molar refractivity (Wildman–Crippen MR) is 74.6 cm³/mol. The lowest BCUT2D eigenvalue weighted by Gasteiger charge is -2.38. The molecule has 0 unspecified atom stereocenters. The van der Waals surface area contributed by atoms with E-state index in [0.29, 0.717) is 11.8 Å². The van der Waals surface area contributed by atoms with Crippen molar-refractivity contribution in [3.8, 4) is 0 Å². The molecule has 0 saturated carbocycles. The lowest BCUT2D eigenvalue weighted by molar-refractivity contribution is 0.00931. The smallest absolute Gasteiger partial charge is 0.147 e. The Hall–Kier alpha value is -0.130. The fraction of sp³-hybridized carbons (Fsp3) is 1.00. The zero-order valence-corrected chi connectivity index (χ0v) is 12.7. The van der Waals surface area contributed by atoms with Gasteiger partial charge in [0.05, 0.1) is 0 Å². The highest BCUT2D eigenvalue weighted by Gasteiger charge is 2.32. The van der Waals surface area contributed by atoms with Crippen molar-refractivity contribution in [3.63, 3.8) is 0 Å². The Kier molecular flexibility index (Phi) is 6.08. The number of hydrogen-bond donors (Lipinski definition) is 1. The summed E-state index contributed by atoms with van der Waals surface area (Å²) in [4.78, 5) is 0. The highest BCUT2D eigenvalue weighted by molar-refractivity contribution is 7.90. The lowest BCUT2D eigenvalue weighted by atomic mass is 9.76. The van der Waals surface area contributed by atoms with Crippen LogP contribution in [0.4, 0.5) is 0 Å². The molecule has 1 heterocycles. The van der Waals surface area contributed by atoms with Gasteiger partial charge in [0.1, 0.15) is 9.84 Å². The van der Waals surface area contributed by atoms with Gasteiger partial charge >= 0.3 is 0 Å². The van der Waals surface area contributed by atoms with Crippen LogP contribution in [0.1, 0.15) is 39.5 Å². The highest BCUT2D eigenvalue weighted by Crippen LogP contribution is 2.35. The van der Waals surface area contributed by atoms with E-state index < -0.39 is 9.84 Å². The third-order valence-electron chi connectivity index (χ3n) is 3.66. The van der Waals surface area contributed by atoms with E-state index in [2.05, 4.69) is 19.2 Å². The summed E-state index contributed by atoms with van der Waals surface area (Å²) in [7, 11) is -2.83. The van der Waals surface area contributed by atoms with E-state index in [1.807, 2.05) is 0 Å². The molecule has 18 heavy (non-hydrogen) atoms. The number of nitrogens with one attached hydrogen (secondary N) is 1. The van der Waals surface area contributed by atoms with Crippen LogP contribution in [0.25, 0.3) is 0 Å². The molecule has 0 aromatic carbocycles. The van der Waals surface area contributed by atoms with Crippen LogP contribution in [0.5, 0.6) is 0 Å². The van der Waals surface area contributed by atoms with Crippen LogP contribution in [0.3, 0.4) is 0 Å². The van der Waals surface area contributed by atoms with Crippen molar-refractivity contribution in [1.29, 1.82) is 0 Å². The van der Waals surface area contributed by atoms with Gasteiger partial charge in [-0.25, -0.2) is 8.42 Å². The Labute approximate surface area is 111 Å². The Balaban J connectivity index is 2.49. The molecule has 0 aliphatic carbocycles. The van der Waals surface area contributed by atoms with Crippen molar-refractivity contribution in [2.75, 3.05) is 31.8 Å². The average molecular weight is 277 g/mol. The first-order valence-electron chi connectivity index (χ1n) is 6.82. The minimum atomic E-state index is -2.83. The second-order valence-electron chi connectivity index (χ2n) is 5.88. The van der Waals surface area contributed by atoms with Gasteiger partial charge in [0.15, 0.2) is 0 Å². The molecule has 1 N–H and O–H groups in total. The number of rotatable bonds is 7. The van der Waals surface area contributed by atoms with Crippen molar-refractivity contribution < 1.29 is 13.2 Å². The maximum atomic E-state index is 11.2. The molecule has 1 aliphatic heterocycles. The van der Waals surface area contributed by atoms with E-state index in [-0.39, 0.29) is 5.41 Å². The van der Waals surface area contributed by atoms with Crippen LogP contribution in [-0.2, 0) is 14.6 Å². The minimum absolute atomic E-state index is 0.229. The van der Waals surface area contributed by atoms with E-state index in [0.717, 1.165) is 45.4 Å². The van der Waals surface area contributed by atoms with Crippen LogP contribution in [-0.4, -0.2) is 46.2 Å². The first-order chi connectivity index (χ1) is 8.33. The van der Waals surface area contributed by atoms with Gasteiger partial charge in [-0.15, -0.1) is 0 Å². The lowest BCUT2D eigenvalue weighted by Crippen LogP contribution is -2.41. The second kappa shape index (κ2) is 6.87. The van der Waals surface area contributed by atoms with E-state index in [1.54, 1.807) is 0 Å². The maximum Gasteiger partial charge on any atom is 0.147 e. The van der Waals surface area contributed by atoms with E-state index in [4.69, 9.17) is 4.74 Å². The third-order valence-corrected chi connectivity index (χ3v) is 4.69. The predicted octanol–water partition coefficient (Wildman–Crippen LogP) is 1.61. The first kappa shape index (κ1) is 15.9. The molecule has 0 bridgehead atoms. The molecule has 0 spiro atoms. The van der Waals surface area contributed by atoms with Crippen LogP contribution in [0.15, 0.2) is 0 Å². The van der Waals surface area contributed by atoms with Gasteiger partial charge in [-0.05, 0) is 31.1 Å². The third kappa shape index (κ3) is 6.16. The summed E-state index contributed by atoms with van der Waals surface area (Å²) in [6, 6.07) is 0.472. The zero-order chi connectivity index (χ0) is 13.6. The number of sulfone groups is 1. The van der Waals surface area contributed by atoms with E-state index in [1.165, 1.54) is 6.26 Å². The summed E-state index contributed by atoms with van der Waals surface area (Å²) in [6.07, 6.45) is 5.13. The van der Waals surface area contributed by atoms with Gasteiger partial charge in [0.2, 0.25) is 0 Å². The van der Waals surface area contributed by atoms with Crippen molar-refractivity contribution >= 4 is 9.84 Å². The Morgan fingerprint density at radius 2 is 1.89 bits per heavy atom. The summed E-state index contributed by atoms with van der Waals surface area (Å²) in [5, 5.41) is 3.50. The fourth-order valence-electron chi connectivity index (χ4n) is 2.45. The summed E-state index contributed by atoms with van der Waals surface area (Å²) in [5.74, 6) is 0.303. The van der Waals surface area contributed by atoms with Gasteiger partial charge in [0, 0.05) is 37.8 Å². The Morgan fingerprint density at radius 1 is 1.28 bits per heavy atom. The molecule has 0 amide bonds. The SMILES string of the molecule is CC(C)NCC1(CCCS(C)(=O)=O)CCOCC1. The number of ether oxygens (including phenoxy) is 1. The molecule has 0 aromatic heterocycles. The van der Waals surface area contributed by atoms with E-state index >= 15 is 0 Å². The quantitative estimate of drug-likeness (QED) is 0.768. The largest absolute Gasteiger partial charge is 0.381 e. The van der Waals surface area contributed by atoms with E-state index in [9.17, 15) is 8.42 Å². The van der Waals surface area contributed by atoms with Crippen LogP contribution < -0.4 is 5.32 Å². The van der Waals surface area contributed by atoms with Crippen molar-refractivity contribution in [1.82, 2.24) is 5.32 Å². The van der Waals surface area contributed by atoms with Crippen LogP contribution in [0.2, 0.25) is 0 Å². The molecule has 0 aromatic rings. The molecular weight excluding hydrogens is 250 g/mol. The number of hydrogen-bond acceptors (Lipinski definition) is 4. The molecule has 0 atom stereocenters. The van der Waals surface area contributed by atoms with Crippen molar-refractivity contribution in [3.05, 3.63) is 0 Å². The van der Waals surface area contributed by atoms with Gasteiger partial charge in [-0.3, -0.25) is 0 Å². The molecule has 1 fully saturated rings. The first-order valence-corrected chi connectivity index (χ1v) is 8.88. The monoisotopic (exact) mass is 277 g/mol. The van der Waals surface area contributed by atoms with Crippen molar-refractivity contribution in [2.24, 2.45) is 5.41 Å². The Bertz CT molecular complexity index is 332. The van der Waals surface area contributed by atoms with Gasteiger partial charge in [0.25, 0.3) is 0 Å². The minimum Gasteiger partial charge on any atom is -0.381 e. The molecule has 108 valence electrons. The van der Waals surface area contributed by atoms with Gasteiger partial charge < -0.3 is 10.1 Å². The molecule has 4 nitrogen and oxygen atoms in total. The van der Waals surface area contributed by atoms with Crippen LogP contribution in [0, 0.1) is 5.41 Å². The van der Waals surface area contributed by atoms with Crippen LogP contribution >= 0.6 is 0 Å². The summed E-state index contributed by atoms with van der Waals surface area (Å²) < 4.78 is 27.8. The standard InChI is InChI=1S/C13H27NO3S/c1-12(2)14-11-13(6-8-17-9-7-13)5-4-10-18(3,15)16/h12,14H,4-11H2,1-3H3. The summed E-state index contributed by atoms with van der Waals surface area (Å²) in [6.45, 7) is 6.86. The van der Waals surface area contributed by atoms with Crippen molar-refractivity contribution in [2.45, 2.75) is 45.6 Å². The van der Waals surface area contributed by atoms with Gasteiger partial charge in [-0.2, -0.15) is 0 Å². The average Bonchev–Trinajstić information content (AvgIpc) is 2.26.